The molecule has 1 aliphatic heterocycles. The van der Waals surface area contributed by atoms with Crippen LogP contribution in [0.5, 0.6) is 0 Å². The maximum Gasteiger partial charge on any atom is 0.0918 e. The van der Waals surface area contributed by atoms with Gasteiger partial charge in [0.15, 0.2) is 0 Å². The van der Waals surface area contributed by atoms with Gasteiger partial charge in [-0.15, -0.1) is 0 Å². The summed E-state index contributed by atoms with van der Waals surface area (Å²) in [5, 5.41) is 7.14. The van der Waals surface area contributed by atoms with Crippen molar-refractivity contribution in [3.05, 3.63) is 0 Å². The molecular formula is C9H20N4. The second-order valence-corrected chi connectivity index (χ2v) is 3.91. The van der Waals surface area contributed by atoms with E-state index in [0.717, 1.165) is 26.2 Å². The standard InChI is InChI=1S/C9H20N4/c1-8-7-13(4-3-9(10)11)6-5-12(8)2/h8H,3-7H2,1-2H3,(H3,10,11). The minimum Gasteiger partial charge on any atom is -0.388 e. The third-order valence-corrected chi connectivity index (χ3v) is 2.74. The molecule has 0 aromatic carbocycles. The topological polar surface area (TPSA) is 56.4 Å². The van der Waals surface area contributed by atoms with Gasteiger partial charge in [-0.3, -0.25) is 5.41 Å². The van der Waals surface area contributed by atoms with Crippen LogP contribution in [0, 0.1) is 5.41 Å². The largest absolute Gasteiger partial charge is 0.388 e. The molecule has 1 rings (SSSR count). The zero-order valence-corrected chi connectivity index (χ0v) is 8.58. The van der Waals surface area contributed by atoms with Gasteiger partial charge in [-0.05, 0) is 14.0 Å². The third-order valence-electron chi connectivity index (χ3n) is 2.74. The van der Waals surface area contributed by atoms with Crippen LogP contribution >= 0.6 is 0 Å². The molecule has 3 N–H and O–H groups in total. The Morgan fingerprint density at radius 2 is 2.23 bits per heavy atom. The molecule has 4 heteroatoms. The highest BCUT2D eigenvalue weighted by Crippen LogP contribution is 2.06. The predicted octanol–water partition coefficient (Wildman–Crippen LogP) is -0.0516. The van der Waals surface area contributed by atoms with E-state index in [1.807, 2.05) is 0 Å². The highest BCUT2D eigenvalue weighted by Gasteiger charge is 2.19. The zero-order valence-electron chi connectivity index (χ0n) is 8.58. The molecule has 13 heavy (non-hydrogen) atoms. The van der Waals surface area contributed by atoms with Crippen molar-refractivity contribution < 1.29 is 0 Å². The Balaban J connectivity index is 2.25. The fraction of sp³-hybridized carbons (Fsp3) is 0.889. The van der Waals surface area contributed by atoms with Crippen molar-refractivity contribution in [2.45, 2.75) is 19.4 Å². The smallest absolute Gasteiger partial charge is 0.0918 e. The van der Waals surface area contributed by atoms with Gasteiger partial charge in [0.1, 0.15) is 0 Å². The lowest BCUT2D eigenvalue weighted by Crippen LogP contribution is -2.50. The Kier molecular flexibility index (Phi) is 3.69. The molecule has 4 nitrogen and oxygen atoms in total. The summed E-state index contributed by atoms with van der Waals surface area (Å²) >= 11 is 0. The second kappa shape index (κ2) is 4.58. The first kappa shape index (κ1) is 10.5. The van der Waals surface area contributed by atoms with Crippen LogP contribution in [-0.4, -0.2) is 54.9 Å². The van der Waals surface area contributed by atoms with Gasteiger partial charge in [-0.25, -0.2) is 0 Å². The summed E-state index contributed by atoms with van der Waals surface area (Å²) in [5.41, 5.74) is 5.32. The molecule has 0 bridgehead atoms. The van der Waals surface area contributed by atoms with E-state index in [1.165, 1.54) is 0 Å². The monoisotopic (exact) mass is 184 g/mol. The van der Waals surface area contributed by atoms with E-state index in [0.29, 0.717) is 18.3 Å². The molecule has 1 fully saturated rings. The predicted molar refractivity (Wildman–Crippen MR) is 55.1 cm³/mol. The molecule has 1 aliphatic rings. The quantitative estimate of drug-likeness (QED) is 0.477. The molecule has 1 heterocycles. The molecule has 0 saturated carbocycles. The first-order valence-corrected chi connectivity index (χ1v) is 4.85. The van der Waals surface area contributed by atoms with Gasteiger partial charge in [0.25, 0.3) is 0 Å². The molecule has 1 unspecified atom stereocenters. The van der Waals surface area contributed by atoms with E-state index in [2.05, 4.69) is 23.8 Å². The molecule has 1 saturated heterocycles. The number of rotatable bonds is 3. The van der Waals surface area contributed by atoms with Crippen LogP contribution in [-0.2, 0) is 0 Å². The van der Waals surface area contributed by atoms with Crippen molar-refractivity contribution in [3.63, 3.8) is 0 Å². The average Bonchev–Trinajstić information content (AvgIpc) is 2.07. The lowest BCUT2D eigenvalue weighted by molar-refractivity contribution is 0.107. The van der Waals surface area contributed by atoms with Crippen molar-refractivity contribution in [2.75, 3.05) is 33.2 Å². The van der Waals surface area contributed by atoms with Crippen LogP contribution in [0.1, 0.15) is 13.3 Å². The molecule has 1 atom stereocenters. The van der Waals surface area contributed by atoms with Gasteiger partial charge < -0.3 is 15.5 Å². The number of nitrogens with zero attached hydrogens (tertiary/aromatic N) is 2. The van der Waals surface area contributed by atoms with Gasteiger partial charge in [0.05, 0.1) is 5.84 Å². The second-order valence-electron chi connectivity index (χ2n) is 3.91. The molecule has 0 aliphatic carbocycles. The van der Waals surface area contributed by atoms with Crippen LogP contribution in [0.3, 0.4) is 0 Å². The molecular weight excluding hydrogens is 164 g/mol. The zero-order chi connectivity index (χ0) is 9.84. The fourth-order valence-electron chi connectivity index (χ4n) is 1.61. The Morgan fingerprint density at radius 3 is 2.77 bits per heavy atom. The summed E-state index contributed by atoms with van der Waals surface area (Å²) < 4.78 is 0. The molecule has 0 radical (unpaired) electrons. The molecule has 0 aromatic heterocycles. The average molecular weight is 184 g/mol. The van der Waals surface area contributed by atoms with Crippen LogP contribution in [0.25, 0.3) is 0 Å². The SMILES string of the molecule is CC1CN(CCC(=N)N)CCN1C. The van der Waals surface area contributed by atoms with E-state index >= 15 is 0 Å². The summed E-state index contributed by atoms with van der Waals surface area (Å²) in [6.45, 7) is 6.50. The first-order valence-electron chi connectivity index (χ1n) is 4.85. The van der Waals surface area contributed by atoms with Crippen LogP contribution in [0.2, 0.25) is 0 Å². The summed E-state index contributed by atoms with van der Waals surface area (Å²) in [6.07, 6.45) is 0.705. The summed E-state index contributed by atoms with van der Waals surface area (Å²) in [6, 6.07) is 0.626. The van der Waals surface area contributed by atoms with Gasteiger partial charge in [-0.1, -0.05) is 0 Å². The third kappa shape index (κ3) is 3.32. The fourth-order valence-corrected chi connectivity index (χ4v) is 1.61. The summed E-state index contributed by atoms with van der Waals surface area (Å²) in [5.74, 6) is 0.298. The highest BCUT2D eigenvalue weighted by molar-refractivity contribution is 5.76. The first-order chi connectivity index (χ1) is 6.09. The Hall–Kier alpha value is -0.610. The maximum atomic E-state index is 7.14. The van der Waals surface area contributed by atoms with Gasteiger partial charge in [-0.2, -0.15) is 0 Å². The van der Waals surface area contributed by atoms with Crippen molar-refractivity contribution in [2.24, 2.45) is 5.73 Å². The van der Waals surface area contributed by atoms with Crippen molar-refractivity contribution >= 4 is 5.84 Å². The van der Waals surface area contributed by atoms with Gasteiger partial charge in [0, 0.05) is 38.6 Å². The number of piperazine rings is 1. The number of hydrogen-bond donors (Lipinski definition) is 2. The van der Waals surface area contributed by atoms with E-state index in [4.69, 9.17) is 11.1 Å². The normalized spacial score (nSPS) is 26.2. The Labute approximate surface area is 80.2 Å². The van der Waals surface area contributed by atoms with E-state index < -0.39 is 0 Å². The maximum absolute atomic E-state index is 7.14. The minimum atomic E-state index is 0.298. The van der Waals surface area contributed by atoms with Crippen molar-refractivity contribution in [1.29, 1.82) is 5.41 Å². The van der Waals surface area contributed by atoms with Crippen LogP contribution in [0.4, 0.5) is 0 Å². The van der Waals surface area contributed by atoms with Gasteiger partial charge >= 0.3 is 0 Å². The minimum absolute atomic E-state index is 0.298. The number of amidine groups is 1. The molecule has 76 valence electrons. The molecule has 0 aromatic rings. The van der Waals surface area contributed by atoms with Crippen LogP contribution < -0.4 is 5.73 Å². The van der Waals surface area contributed by atoms with Gasteiger partial charge in [0.2, 0.25) is 0 Å². The summed E-state index contributed by atoms with van der Waals surface area (Å²) in [7, 11) is 2.16. The van der Waals surface area contributed by atoms with E-state index in [9.17, 15) is 0 Å². The lowest BCUT2D eigenvalue weighted by Gasteiger charge is -2.37. The molecule has 0 amide bonds. The molecule has 0 spiro atoms. The Morgan fingerprint density at radius 1 is 1.54 bits per heavy atom. The number of likely N-dealkylation sites (N-methyl/N-ethyl adjacent to an activating group) is 1. The number of nitrogens with two attached hydrogens (primary N) is 1. The summed E-state index contributed by atoms with van der Waals surface area (Å²) in [4.78, 5) is 4.75. The number of hydrogen-bond acceptors (Lipinski definition) is 3. The van der Waals surface area contributed by atoms with E-state index in [-0.39, 0.29) is 0 Å². The van der Waals surface area contributed by atoms with Crippen molar-refractivity contribution in [1.82, 2.24) is 9.80 Å². The Bertz CT molecular complexity index is 180. The van der Waals surface area contributed by atoms with Crippen LogP contribution in [0.15, 0.2) is 0 Å². The van der Waals surface area contributed by atoms with Crippen molar-refractivity contribution in [3.8, 4) is 0 Å². The number of nitrogens with one attached hydrogen (secondary N) is 1. The highest BCUT2D eigenvalue weighted by atomic mass is 15.3. The lowest BCUT2D eigenvalue weighted by atomic mass is 10.2. The van der Waals surface area contributed by atoms with E-state index in [1.54, 1.807) is 0 Å².